The quantitative estimate of drug-likeness (QED) is 0.496. The number of anilines is 1. The normalized spacial score (nSPS) is 12.4. The van der Waals surface area contributed by atoms with Crippen molar-refractivity contribution in [3.8, 4) is 5.75 Å². The molecule has 7 heteroatoms. The van der Waals surface area contributed by atoms with E-state index in [0.717, 1.165) is 11.1 Å². The Bertz CT molecular complexity index is 1060. The van der Waals surface area contributed by atoms with E-state index < -0.39 is 10.0 Å². The van der Waals surface area contributed by atoms with Gasteiger partial charge < -0.3 is 4.74 Å². The topological polar surface area (TPSA) is 71.3 Å². The highest BCUT2D eigenvalue weighted by atomic mass is 32.2. The summed E-state index contributed by atoms with van der Waals surface area (Å²) in [6.45, 7) is 12.0. The molecule has 0 bridgehead atoms. The molecule has 0 atom stereocenters. The molecule has 0 fully saturated rings. The summed E-state index contributed by atoms with van der Waals surface area (Å²) in [7, 11) is -2.06. The molecular formula is C24H31N3O3S. The monoisotopic (exact) mass is 441 g/mol. The van der Waals surface area contributed by atoms with E-state index >= 15 is 0 Å². The first-order valence-electron chi connectivity index (χ1n) is 10.1. The molecule has 0 saturated carbocycles. The average Bonchev–Trinajstić information content (AvgIpc) is 2.73. The van der Waals surface area contributed by atoms with E-state index in [-0.39, 0.29) is 17.4 Å². The molecular weight excluding hydrogens is 410 g/mol. The molecule has 0 aromatic heterocycles. The summed E-state index contributed by atoms with van der Waals surface area (Å²) in [5.41, 5.74) is 3.42. The number of ether oxygens (including phenoxy) is 1. The van der Waals surface area contributed by atoms with Crippen LogP contribution in [0.25, 0.3) is 0 Å². The molecule has 0 aliphatic rings. The molecule has 0 radical (unpaired) electrons. The predicted octanol–water partition coefficient (Wildman–Crippen LogP) is 4.82. The van der Waals surface area contributed by atoms with Crippen molar-refractivity contribution in [3.63, 3.8) is 0 Å². The van der Waals surface area contributed by atoms with Gasteiger partial charge in [0.15, 0.2) is 0 Å². The SMILES string of the molecule is C=N/C=C\C(COc1ccc(S(=O)(=O)N(CC(C)C)c2ccc(C)cc2C)cc1)=NC. The number of benzene rings is 2. The molecule has 0 saturated heterocycles. The average molecular weight is 442 g/mol. The highest BCUT2D eigenvalue weighted by Crippen LogP contribution is 2.29. The summed E-state index contributed by atoms with van der Waals surface area (Å²) in [5, 5.41) is 0. The maximum Gasteiger partial charge on any atom is 0.264 e. The Morgan fingerprint density at radius 2 is 1.84 bits per heavy atom. The Kier molecular flexibility index (Phi) is 8.56. The van der Waals surface area contributed by atoms with Crippen molar-refractivity contribution in [3.05, 3.63) is 65.9 Å². The van der Waals surface area contributed by atoms with Crippen LogP contribution >= 0.6 is 0 Å². The van der Waals surface area contributed by atoms with Crippen LogP contribution in [0.4, 0.5) is 5.69 Å². The fraction of sp³-hybridized carbons (Fsp3) is 0.333. The summed E-state index contributed by atoms with van der Waals surface area (Å²) in [6, 6.07) is 12.3. The molecule has 31 heavy (non-hydrogen) atoms. The third kappa shape index (κ3) is 6.52. The number of aryl methyl sites for hydroxylation is 2. The van der Waals surface area contributed by atoms with Gasteiger partial charge in [-0.2, -0.15) is 0 Å². The molecule has 0 unspecified atom stereocenters. The third-order valence-electron chi connectivity index (χ3n) is 4.61. The van der Waals surface area contributed by atoms with Crippen LogP contribution in [-0.2, 0) is 10.0 Å². The van der Waals surface area contributed by atoms with Gasteiger partial charge in [-0.05, 0) is 68.5 Å². The van der Waals surface area contributed by atoms with Gasteiger partial charge in [0.05, 0.1) is 16.3 Å². The van der Waals surface area contributed by atoms with Gasteiger partial charge in [0.1, 0.15) is 12.4 Å². The Labute approximate surface area is 186 Å². The summed E-state index contributed by atoms with van der Waals surface area (Å²) < 4.78 is 34.2. The Balaban J connectivity index is 2.29. The largest absolute Gasteiger partial charge is 0.487 e. The van der Waals surface area contributed by atoms with Gasteiger partial charge in [0, 0.05) is 19.8 Å². The second kappa shape index (κ2) is 10.9. The van der Waals surface area contributed by atoms with Gasteiger partial charge in [-0.25, -0.2) is 8.42 Å². The van der Waals surface area contributed by atoms with Gasteiger partial charge in [-0.3, -0.25) is 14.3 Å². The minimum absolute atomic E-state index is 0.169. The first-order chi connectivity index (χ1) is 14.7. The molecule has 0 aliphatic carbocycles. The van der Waals surface area contributed by atoms with Gasteiger partial charge in [-0.1, -0.05) is 31.5 Å². The molecule has 2 rings (SSSR count). The summed E-state index contributed by atoms with van der Waals surface area (Å²) in [6.07, 6.45) is 3.25. The van der Waals surface area contributed by atoms with Crippen LogP contribution in [0, 0.1) is 19.8 Å². The van der Waals surface area contributed by atoms with Crippen molar-refractivity contribution in [1.29, 1.82) is 0 Å². The first kappa shape index (κ1) is 24.3. The number of aliphatic imine (C=N–C) groups is 2. The molecule has 6 nitrogen and oxygen atoms in total. The predicted molar refractivity (Wildman–Crippen MR) is 129 cm³/mol. The molecule has 0 amide bonds. The summed E-state index contributed by atoms with van der Waals surface area (Å²) in [5.74, 6) is 0.727. The van der Waals surface area contributed by atoms with Crippen molar-refractivity contribution in [2.24, 2.45) is 15.9 Å². The van der Waals surface area contributed by atoms with Gasteiger partial charge >= 0.3 is 0 Å². The molecule has 0 spiro atoms. The van der Waals surface area contributed by atoms with Crippen LogP contribution in [0.3, 0.4) is 0 Å². The maximum atomic E-state index is 13.5. The van der Waals surface area contributed by atoms with Crippen LogP contribution in [0.15, 0.2) is 69.6 Å². The van der Waals surface area contributed by atoms with Crippen molar-refractivity contribution in [2.45, 2.75) is 32.6 Å². The lowest BCUT2D eigenvalue weighted by Gasteiger charge is -2.28. The summed E-state index contributed by atoms with van der Waals surface area (Å²) in [4.78, 5) is 7.98. The Hall–Kier alpha value is -2.93. The highest BCUT2D eigenvalue weighted by molar-refractivity contribution is 7.92. The van der Waals surface area contributed by atoms with Crippen molar-refractivity contribution in [2.75, 3.05) is 24.5 Å². The summed E-state index contributed by atoms with van der Waals surface area (Å²) >= 11 is 0. The van der Waals surface area contributed by atoms with Gasteiger partial charge in [0.2, 0.25) is 0 Å². The van der Waals surface area contributed by atoms with Crippen LogP contribution in [0.5, 0.6) is 5.75 Å². The molecule has 2 aromatic rings. The van der Waals surface area contributed by atoms with Gasteiger partial charge in [-0.15, -0.1) is 0 Å². The third-order valence-corrected chi connectivity index (χ3v) is 6.40. The second-order valence-corrected chi connectivity index (χ2v) is 9.56. The van der Waals surface area contributed by atoms with E-state index in [4.69, 9.17) is 4.74 Å². The minimum atomic E-state index is -3.73. The minimum Gasteiger partial charge on any atom is -0.487 e. The Morgan fingerprint density at radius 3 is 2.39 bits per heavy atom. The zero-order chi connectivity index (χ0) is 23.0. The molecule has 2 aromatic carbocycles. The first-order valence-corrected chi connectivity index (χ1v) is 11.5. The zero-order valence-electron chi connectivity index (χ0n) is 18.9. The van der Waals surface area contributed by atoms with Crippen molar-refractivity contribution < 1.29 is 13.2 Å². The smallest absolute Gasteiger partial charge is 0.264 e. The molecule has 0 heterocycles. The number of rotatable bonds is 10. The number of nitrogens with zero attached hydrogens (tertiary/aromatic N) is 3. The number of hydrogen-bond donors (Lipinski definition) is 0. The number of hydrogen-bond acceptors (Lipinski definition) is 5. The van der Waals surface area contributed by atoms with E-state index in [2.05, 4.69) is 16.7 Å². The lowest BCUT2D eigenvalue weighted by atomic mass is 10.1. The molecule has 0 aliphatic heterocycles. The van der Waals surface area contributed by atoms with Crippen LogP contribution in [-0.4, -0.2) is 41.0 Å². The van der Waals surface area contributed by atoms with E-state index in [1.54, 1.807) is 37.4 Å². The van der Waals surface area contributed by atoms with Crippen LogP contribution < -0.4 is 9.04 Å². The van der Waals surface area contributed by atoms with Crippen molar-refractivity contribution >= 4 is 28.1 Å². The standard InChI is InChI=1S/C24H31N3O3S/c1-18(2)16-27(24-12-7-19(3)15-20(24)4)31(28,29)23-10-8-22(9-11-23)30-17-21(26-6)13-14-25-5/h7-15,18H,5,16-17H2,1-4,6H3/b14-13-,26-21?. The molecule has 0 N–H and O–H groups in total. The number of sulfonamides is 1. The molecule has 166 valence electrons. The Morgan fingerprint density at radius 1 is 1.16 bits per heavy atom. The zero-order valence-corrected chi connectivity index (χ0v) is 19.7. The fourth-order valence-corrected chi connectivity index (χ4v) is 4.75. The van der Waals surface area contributed by atoms with E-state index in [0.29, 0.717) is 23.7 Å². The van der Waals surface area contributed by atoms with Crippen molar-refractivity contribution in [1.82, 2.24) is 0 Å². The van der Waals surface area contributed by atoms with E-state index in [1.807, 2.05) is 45.9 Å². The lowest BCUT2D eigenvalue weighted by molar-refractivity contribution is 0.377. The van der Waals surface area contributed by atoms with E-state index in [9.17, 15) is 8.42 Å². The second-order valence-electron chi connectivity index (χ2n) is 7.69. The maximum absolute atomic E-state index is 13.5. The highest BCUT2D eigenvalue weighted by Gasteiger charge is 2.27. The lowest BCUT2D eigenvalue weighted by Crippen LogP contribution is -2.34. The van der Waals surface area contributed by atoms with Crippen LogP contribution in [0.1, 0.15) is 25.0 Å². The van der Waals surface area contributed by atoms with Crippen LogP contribution in [0.2, 0.25) is 0 Å². The van der Waals surface area contributed by atoms with Gasteiger partial charge in [0.25, 0.3) is 10.0 Å². The van der Waals surface area contributed by atoms with E-state index in [1.165, 1.54) is 10.5 Å². The fourth-order valence-electron chi connectivity index (χ4n) is 3.06.